The van der Waals surface area contributed by atoms with Crippen LogP contribution < -0.4 is 5.32 Å². The van der Waals surface area contributed by atoms with E-state index >= 15 is 0 Å². The lowest BCUT2D eigenvalue weighted by atomic mass is 9.86. The number of amides is 1. The summed E-state index contributed by atoms with van der Waals surface area (Å²) in [6.07, 6.45) is 4.19. The summed E-state index contributed by atoms with van der Waals surface area (Å²) in [5.41, 5.74) is -0.321. The standard InChI is InChI=1S/C13H16ClN3O4/c14-12-10(5-9(7-15-12)17(20)21)13(19)16-6-8-3-1-2-4-11(8)18/h5,7-8,11,18H,1-4,6H2,(H,16,19). The summed E-state index contributed by atoms with van der Waals surface area (Å²) in [4.78, 5) is 25.8. The van der Waals surface area contributed by atoms with Gasteiger partial charge < -0.3 is 10.4 Å². The zero-order valence-corrected chi connectivity index (χ0v) is 12.0. The van der Waals surface area contributed by atoms with Gasteiger partial charge in [0.15, 0.2) is 0 Å². The molecule has 0 saturated heterocycles. The molecule has 1 aromatic heterocycles. The molecule has 8 heteroatoms. The summed E-state index contributed by atoms with van der Waals surface area (Å²) in [6, 6.07) is 1.10. The molecule has 0 bridgehead atoms. The van der Waals surface area contributed by atoms with Crippen LogP contribution in [0.4, 0.5) is 5.69 Å². The zero-order valence-electron chi connectivity index (χ0n) is 11.3. The molecule has 1 aliphatic rings. The van der Waals surface area contributed by atoms with Crippen LogP contribution in [0, 0.1) is 16.0 Å². The quantitative estimate of drug-likeness (QED) is 0.502. The number of carbonyl (C=O) groups is 1. The molecule has 2 atom stereocenters. The molecule has 1 saturated carbocycles. The predicted octanol–water partition coefficient (Wildman–Crippen LogP) is 1.92. The molecule has 7 nitrogen and oxygen atoms in total. The van der Waals surface area contributed by atoms with Crippen LogP contribution >= 0.6 is 11.6 Å². The average Bonchev–Trinajstić information content (AvgIpc) is 2.46. The van der Waals surface area contributed by atoms with E-state index in [1.165, 1.54) is 0 Å². The Labute approximate surface area is 126 Å². The minimum atomic E-state index is -0.634. The molecule has 1 amide bonds. The van der Waals surface area contributed by atoms with Gasteiger partial charge in [0.25, 0.3) is 11.6 Å². The number of aliphatic hydroxyl groups excluding tert-OH is 1. The fourth-order valence-electron chi connectivity index (χ4n) is 2.44. The summed E-state index contributed by atoms with van der Waals surface area (Å²) in [7, 11) is 0. The first kappa shape index (κ1) is 15.7. The number of nitrogens with one attached hydrogen (secondary N) is 1. The fourth-order valence-corrected chi connectivity index (χ4v) is 2.63. The van der Waals surface area contributed by atoms with Crippen molar-refractivity contribution in [2.45, 2.75) is 31.8 Å². The lowest BCUT2D eigenvalue weighted by Crippen LogP contribution is -2.36. The Balaban J connectivity index is 2.02. The predicted molar refractivity (Wildman–Crippen MR) is 76.2 cm³/mol. The summed E-state index contributed by atoms with van der Waals surface area (Å²) in [5, 5.41) is 23.1. The Morgan fingerprint density at radius 3 is 2.90 bits per heavy atom. The van der Waals surface area contributed by atoms with Crippen molar-refractivity contribution in [2.75, 3.05) is 6.54 Å². The van der Waals surface area contributed by atoms with E-state index < -0.39 is 16.9 Å². The first-order chi connectivity index (χ1) is 9.99. The highest BCUT2D eigenvalue weighted by Crippen LogP contribution is 2.24. The number of nitro groups is 1. The van der Waals surface area contributed by atoms with Crippen LogP contribution in [0.2, 0.25) is 5.15 Å². The van der Waals surface area contributed by atoms with Crippen molar-refractivity contribution < 1.29 is 14.8 Å². The van der Waals surface area contributed by atoms with Gasteiger partial charge in [-0.3, -0.25) is 14.9 Å². The van der Waals surface area contributed by atoms with Gasteiger partial charge in [0.05, 0.1) is 16.6 Å². The Morgan fingerprint density at radius 1 is 1.52 bits per heavy atom. The van der Waals surface area contributed by atoms with Gasteiger partial charge >= 0.3 is 0 Å². The highest BCUT2D eigenvalue weighted by Gasteiger charge is 2.24. The van der Waals surface area contributed by atoms with Crippen molar-refractivity contribution in [3.05, 3.63) is 33.1 Å². The lowest BCUT2D eigenvalue weighted by molar-refractivity contribution is -0.385. The van der Waals surface area contributed by atoms with E-state index in [4.69, 9.17) is 11.6 Å². The minimum Gasteiger partial charge on any atom is -0.393 e. The number of rotatable bonds is 4. The Hall–Kier alpha value is -1.73. The minimum absolute atomic E-state index is 0.00753. The van der Waals surface area contributed by atoms with Crippen LogP contribution in [0.3, 0.4) is 0 Å². The topological polar surface area (TPSA) is 105 Å². The van der Waals surface area contributed by atoms with E-state index in [0.29, 0.717) is 6.54 Å². The first-order valence-corrected chi connectivity index (χ1v) is 7.13. The molecule has 2 N–H and O–H groups in total. The third kappa shape index (κ3) is 3.89. The van der Waals surface area contributed by atoms with Crippen LogP contribution in [0.5, 0.6) is 0 Å². The van der Waals surface area contributed by atoms with Crippen molar-refractivity contribution in [1.29, 1.82) is 0 Å². The van der Waals surface area contributed by atoms with E-state index in [1.54, 1.807) is 0 Å². The molecule has 1 aromatic rings. The molecule has 114 valence electrons. The van der Waals surface area contributed by atoms with Gasteiger partial charge in [-0.15, -0.1) is 0 Å². The number of hydrogen-bond donors (Lipinski definition) is 2. The van der Waals surface area contributed by atoms with Gasteiger partial charge in [-0.1, -0.05) is 24.4 Å². The smallest absolute Gasteiger partial charge is 0.288 e. The number of aromatic nitrogens is 1. The monoisotopic (exact) mass is 313 g/mol. The molecule has 2 rings (SSSR count). The van der Waals surface area contributed by atoms with Gasteiger partial charge in [-0.05, 0) is 12.8 Å². The number of nitrogens with zero attached hydrogens (tertiary/aromatic N) is 2. The van der Waals surface area contributed by atoms with Crippen LogP contribution in [-0.4, -0.2) is 33.6 Å². The van der Waals surface area contributed by atoms with Gasteiger partial charge in [-0.25, -0.2) is 4.98 Å². The molecular formula is C13H16ClN3O4. The van der Waals surface area contributed by atoms with E-state index in [1.807, 2.05) is 0 Å². The zero-order chi connectivity index (χ0) is 15.4. The van der Waals surface area contributed by atoms with Crippen molar-refractivity contribution >= 4 is 23.2 Å². The summed E-state index contributed by atoms with van der Waals surface area (Å²) in [6.45, 7) is 0.318. The van der Waals surface area contributed by atoms with E-state index in [9.17, 15) is 20.0 Å². The van der Waals surface area contributed by atoms with Crippen LogP contribution in [-0.2, 0) is 0 Å². The molecule has 0 aromatic carbocycles. The lowest BCUT2D eigenvalue weighted by Gasteiger charge is -2.27. The molecule has 1 heterocycles. The van der Waals surface area contributed by atoms with Gasteiger partial charge in [0.1, 0.15) is 11.3 Å². The second kappa shape index (κ2) is 6.82. The molecule has 1 fully saturated rings. The number of halogens is 1. The maximum Gasteiger partial charge on any atom is 0.288 e. The molecular weight excluding hydrogens is 298 g/mol. The second-order valence-corrected chi connectivity index (χ2v) is 5.47. The van der Waals surface area contributed by atoms with Crippen LogP contribution in [0.1, 0.15) is 36.0 Å². The first-order valence-electron chi connectivity index (χ1n) is 6.75. The maximum atomic E-state index is 12.0. The molecule has 0 radical (unpaired) electrons. The van der Waals surface area contributed by atoms with Crippen molar-refractivity contribution in [3.63, 3.8) is 0 Å². The summed E-state index contributed by atoms with van der Waals surface area (Å²) >= 11 is 5.80. The van der Waals surface area contributed by atoms with Gasteiger partial charge in [0, 0.05) is 18.5 Å². The fraction of sp³-hybridized carbons (Fsp3) is 0.538. The average molecular weight is 314 g/mol. The third-order valence-corrected chi connectivity index (χ3v) is 3.98. The number of hydrogen-bond acceptors (Lipinski definition) is 5. The van der Waals surface area contributed by atoms with Gasteiger partial charge in [0.2, 0.25) is 0 Å². The van der Waals surface area contributed by atoms with E-state index in [0.717, 1.165) is 37.9 Å². The van der Waals surface area contributed by atoms with Crippen molar-refractivity contribution in [2.24, 2.45) is 5.92 Å². The van der Waals surface area contributed by atoms with Gasteiger partial charge in [-0.2, -0.15) is 0 Å². The third-order valence-electron chi connectivity index (χ3n) is 3.67. The SMILES string of the molecule is O=C(NCC1CCCCC1O)c1cc([N+](=O)[O-])cnc1Cl. The normalized spacial score (nSPS) is 21.8. The van der Waals surface area contributed by atoms with Crippen LogP contribution in [0.15, 0.2) is 12.3 Å². The van der Waals surface area contributed by atoms with Crippen molar-refractivity contribution in [1.82, 2.24) is 10.3 Å². The van der Waals surface area contributed by atoms with Crippen LogP contribution in [0.25, 0.3) is 0 Å². The Bertz CT molecular complexity index is 552. The largest absolute Gasteiger partial charge is 0.393 e. The summed E-state index contributed by atoms with van der Waals surface area (Å²) < 4.78 is 0. The highest BCUT2D eigenvalue weighted by atomic mass is 35.5. The number of pyridine rings is 1. The summed E-state index contributed by atoms with van der Waals surface area (Å²) in [5.74, 6) is -0.512. The van der Waals surface area contributed by atoms with E-state index in [2.05, 4.69) is 10.3 Å². The van der Waals surface area contributed by atoms with Crippen molar-refractivity contribution in [3.8, 4) is 0 Å². The molecule has 0 aliphatic heterocycles. The molecule has 1 aliphatic carbocycles. The Morgan fingerprint density at radius 2 is 2.24 bits per heavy atom. The number of aliphatic hydroxyl groups is 1. The number of carbonyl (C=O) groups excluding carboxylic acids is 1. The molecule has 0 spiro atoms. The van der Waals surface area contributed by atoms with E-state index in [-0.39, 0.29) is 22.3 Å². The Kier molecular flexibility index (Phi) is 5.08. The molecule has 2 unspecified atom stereocenters. The molecule has 21 heavy (non-hydrogen) atoms. The second-order valence-electron chi connectivity index (χ2n) is 5.11. The highest BCUT2D eigenvalue weighted by molar-refractivity contribution is 6.32. The maximum absolute atomic E-state index is 12.0.